The van der Waals surface area contributed by atoms with Crippen LogP contribution in [-0.4, -0.2) is 48.7 Å². The van der Waals surface area contributed by atoms with Crippen LogP contribution < -0.4 is 4.90 Å². The first-order valence-corrected chi connectivity index (χ1v) is 13.2. The van der Waals surface area contributed by atoms with Crippen molar-refractivity contribution in [3.05, 3.63) is 40.9 Å². The maximum atomic E-state index is 13.8. The van der Waals surface area contributed by atoms with Gasteiger partial charge in [-0.05, 0) is 68.6 Å². The molecular formula is C22H28ClFN2O3S. The van der Waals surface area contributed by atoms with E-state index in [2.05, 4.69) is 16.0 Å². The van der Waals surface area contributed by atoms with Gasteiger partial charge in [-0.15, -0.1) is 0 Å². The molecule has 5 nitrogen and oxygen atoms in total. The van der Waals surface area contributed by atoms with Crippen molar-refractivity contribution < 1.29 is 17.9 Å². The highest BCUT2D eigenvalue weighted by molar-refractivity contribution is 7.90. The van der Waals surface area contributed by atoms with Crippen LogP contribution in [0.25, 0.3) is 0 Å². The Bertz CT molecular complexity index is 984. The minimum Gasteiger partial charge on any atom is -0.389 e. The van der Waals surface area contributed by atoms with Gasteiger partial charge in [0, 0.05) is 36.3 Å². The Hall–Kier alpha value is -1.31. The molecule has 3 atom stereocenters. The van der Waals surface area contributed by atoms with Crippen LogP contribution in [-0.2, 0) is 9.84 Å². The molecule has 30 heavy (non-hydrogen) atoms. The average molecular weight is 455 g/mol. The zero-order chi connectivity index (χ0) is 21.3. The highest BCUT2D eigenvalue weighted by Gasteiger charge is 2.52. The second-order valence-electron chi connectivity index (χ2n) is 9.77. The molecule has 0 amide bonds. The lowest BCUT2D eigenvalue weighted by atomic mass is 9.93. The fourth-order valence-electron chi connectivity index (χ4n) is 6.48. The van der Waals surface area contributed by atoms with Crippen molar-refractivity contribution >= 4 is 27.1 Å². The summed E-state index contributed by atoms with van der Waals surface area (Å²) >= 11 is 6.09. The van der Waals surface area contributed by atoms with Crippen LogP contribution in [0.2, 0.25) is 5.02 Å². The zero-order valence-corrected chi connectivity index (χ0v) is 18.7. The molecule has 8 heteroatoms. The molecule has 0 radical (unpaired) electrons. The van der Waals surface area contributed by atoms with Gasteiger partial charge < -0.3 is 14.9 Å². The number of hydrogen-bond acceptors (Lipinski definition) is 5. The summed E-state index contributed by atoms with van der Waals surface area (Å²) in [6.45, 7) is 1.02. The standard InChI is InChI=1S/C22H28ClFN2O3S/c1-30(28,29)13-22(27)10-15-7-14(8-16(15)11-22)20-12-25-6-2-3-21(25)26(20)17-4-5-19(24)18(23)9-17/h4-5,9,12,14-16,21,27H,2-3,6-8,10-11,13H2,1H3. The van der Waals surface area contributed by atoms with Crippen LogP contribution in [0.1, 0.15) is 38.5 Å². The highest BCUT2D eigenvalue weighted by Crippen LogP contribution is 2.55. The Labute approximate surface area is 182 Å². The zero-order valence-electron chi connectivity index (χ0n) is 17.1. The van der Waals surface area contributed by atoms with E-state index in [9.17, 15) is 17.9 Å². The van der Waals surface area contributed by atoms with Crippen molar-refractivity contribution in [3.8, 4) is 0 Å². The fraction of sp³-hybridized carbons (Fsp3) is 0.636. The highest BCUT2D eigenvalue weighted by atomic mass is 35.5. The van der Waals surface area contributed by atoms with Gasteiger partial charge in [0.25, 0.3) is 0 Å². The number of rotatable bonds is 4. The molecule has 164 valence electrons. The van der Waals surface area contributed by atoms with Crippen molar-refractivity contribution in [2.45, 2.75) is 50.3 Å². The molecule has 1 aromatic carbocycles. The minimum atomic E-state index is -3.21. The van der Waals surface area contributed by atoms with Gasteiger partial charge in [0.05, 0.1) is 16.4 Å². The number of aliphatic hydroxyl groups is 1. The van der Waals surface area contributed by atoms with Crippen LogP contribution in [0.3, 0.4) is 0 Å². The first-order chi connectivity index (χ1) is 14.1. The third-order valence-corrected chi connectivity index (χ3v) is 8.74. The SMILES string of the molecule is CS(=O)(=O)CC1(O)CC2CC(C3=CN4CCCC4N3c3ccc(F)c(Cl)c3)CC2C1. The Morgan fingerprint density at radius 3 is 2.60 bits per heavy atom. The number of hydrogen-bond donors (Lipinski definition) is 1. The summed E-state index contributed by atoms with van der Waals surface area (Å²) in [5.74, 6) is 0.496. The van der Waals surface area contributed by atoms with E-state index in [0.717, 1.165) is 37.9 Å². The first kappa shape index (κ1) is 20.6. The molecule has 0 bridgehead atoms. The fourth-order valence-corrected chi connectivity index (χ4v) is 7.87. The van der Waals surface area contributed by atoms with Crippen LogP contribution in [0, 0.1) is 23.6 Å². The summed E-state index contributed by atoms with van der Waals surface area (Å²) in [4.78, 5) is 4.70. The van der Waals surface area contributed by atoms with Gasteiger partial charge >= 0.3 is 0 Å². The number of sulfone groups is 1. The summed E-state index contributed by atoms with van der Waals surface area (Å²) < 4.78 is 37.2. The van der Waals surface area contributed by atoms with E-state index in [-0.39, 0.29) is 16.9 Å². The van der Waals surface area contributed by atoms with Gasteiger partial charge in [-0.2, -0.15) is 0 Å². The number of anilines is 1. The monoisotopic (exact) mass is 454 g/mol. The molecule has 3 unspecified atom stereocenters. The van der Waals surface area contributed by atoms with E-state index in [0.29, 0.717) is 30.6 Å². The molecule has 1 aromatic rings. The van der Waals surface area contributed by atoms with Crippen LogP contribution in [0.5, 0.6) is 0 Å². The van der Waals surface area contributed by atoms with E-state index in [4.69, 9.17) is 11.6 Å². The van der Waals surface area contributed by atoms with Crippen LogP contribution >= 0.6 is 11.6 Å². The van der Waals surface area contributed by atoms with E-state index < -0.39 is 21.3 Å². The average Bonchev–Trinajstić information content (AvgIpc) is 3.33. The molecule has 2 saturated carbocycles. The van der Waals surface area contributed by atoms with Crippen LogP contribution in [0.15, 0.2) is 30.1 Å². The predicted octanol–water partition coefficient (Wildman–Crippen LogP) is 3.77. The van der Waals surface area contributed by atoms with Crippen molar-refractivity contribution in [1.82, 2.24) is 4.90 Å². The van der Waals surface area contributed by atoms with Crippen molar-refractivity contribution in [3.63, 3.8) is 0 Å². The number of benzene rings is 1. The quantitative estimate of drug-likeness (QED) is 0.750. The van der Waals surface area contributed by atoms with E-state index in [1.165, 1.54) is 18.0 Å². The molecule has 0 spiro atoms. The van der Waals surface area contributed by atoms with Crippen molar-refractivity contribution in [1.29, 1.82) is 0 Å². The normalized spacial score (nSPS) is 35.7. The van der Waals surface area contributed by atoms with Gasteiger partial charge in [-0.1, -0.05) is 11.6 Å². The first-order valence-electron chi connectivity index (χ1n) is 10.7. The van der Waals surface area contributed by atoms with Crippen LogP contribution in [0.4, 0.5) is 10.1 Å². The molecule has 2 heterocycles. The van der Waals surface area contributed by atoms with Gasteiger partial charge in [0.2, 0.25) is 0 Å². The number of allylic oxidation sites excluding steroid dienone is 1. The summed E-state index contributed by atoms with van der Waals surface area (Å²) in [7, 11) is -3.21. The third kappa shape index (κ3) is 3.63. The summed E-state index contributed by atoms with van der Waals surface area (Å²) in [6, 6.07) is 4.95. The number of nitrogens with zero attached hydrogens (tertiary/aromatic N) is 2. The Kier molecular flexibility index (Phi) is 4.88. The van der Waals surface area contributed by atoms with E-state index in [1.807, 2.05) is 0 Å². The lowest BCUT2D eigenvalue weighted by molar-refractivity contribution is 0.0607. The molecule has 0 aromatic heterocycles. The molecule has 5 rings (SSSR count). The topological polar surface area (TPSA) is 60.9 Å². The van der Waals surface area contributed by atoms with Gasteiger partial charge in [-0.3, -0.25) is 0 Å². The summed E-state index contributed by atoms with van der Waals surface area (Å²) in [6.07, 6.45) is 8.94. The molecule has 1 saturated heterocycles. The second-order valence-corrected chi connectivity index (χ2v) is 12.3. The Balaban J connectivity index is 1.37. The van der Waals surface area contributed by atoms with Gasteiger partial charge in [-0.25, -0.2) is 12.8 Å². The maximum absolute atomic E-state index is 13.8. The summed E-state index contributed by atoms with van der Waals surface area (Å²) in [5.41, 5.74) is 1.10. The summed E-state index contributed by atoms with van der Waals surface area (Å²) in [5, 5.41) is 11.0. The lowest BCUT2D eigenvalue weighted by Crippen LogP contribution is -2.37. The second kappa shape index (κ2) is 7.10. The molecular weight excluding hydrogens is 427 g/mol. The van der Waals surface area contributed by atoms with Crippen molar-refractivity contribution in [2.75, 3.05) is 23.5 Å². The Morgan fingerprint density at radius 1 is 1.27 bits per heavy atom. The predicted molar refractivity (Wildman–Crippen MR) is 115 cm³/mol. The third-order valence-electron chi connectivity index (χ3n) is 7.39. The molecule has 2 aliphatic carbocycles. The van der Waals surface area contributed by atoms with Gasteiger partial charge in [0.1, 0.15) is 21.8 Å². The smallest absolute Gasteiger partial charge is 0.150 e. The van der Waals surface area contributed by atoms with Crippen molar-refractivity contribution in [2.24, 2.45) is 17.8 Å². The Morgan fingerprint density at radius 2 is 1.97 bits per heavy atom. The van der Waals surface area contributed by atoms with E-state index in [1.54, 1.807) is 12.1 Å². The van der Waals surface area contributed by atoms with E-state index >= 15 is 0 Å². The maximum Gasteiger partial charge on any atom is 0.150 e. The molecule has 3 fully saturated rings. The number of fused-ring (bicyclic) bond motifs is 2. The number of halogens is 2. The van der Waals surface area contributed by atoms with Gasteiger partial charge in [0.15, 0.2) is 0 Å². The minimum absolute atomic E-state index is 0.137. The molecule has 2 aliphatic heterocycles. The largest absolute Gasteiger partial charge is 0.389 e. The molecule has 4 aliphatic rings. The molecule has 1 N–H and O–H groups in total. The lowest BCUT2D eigenvalue weighted by Gasteiger charge is -2.33.